The van der Waals surface area contributed by atoms with E-state index in [0.717, 1.165) is 12.0 Å². The Morgan fingerprint density at radius 3 is 2.58 bits per heavy atom. The fraction of sp³-hybridized carbons (Fsp3) is 0.250. The number of pyridine rings is 1. The van der Waals surface area contributed by atoms with Gasteiger partial charge in [0, 0.05) is 6.20 Å². The molecule has 0 amide bonds. The largest absolute Gasteiger partial charge is 0.434 e. The summed E-state index contributed by atoms with van der Waals surface area (Å²) >= 11 is 0. The molecule has 0 saturated heterocycles. The highest BCUT2D eigenvalue weighted by Crippen LogP contribution is 2.33. The van der Waals surface area contributed by atoms with E-state index in [1.807, 2.05) is 12.0 Å². The van der Waals surface area contributed by atoms with Gasteiger partial charge in [-0.05, 0) is 18.1 Å². The standard InChI is InChI=1S/C12H9F3N4/c1-2-7-3-4-9(17-6-7)10-8(5-16)11(19-18-10)12(13,14)15/h3-4,6H,2H2,1H3,(H,18,19). The number of nitrogens with one attached hydrogen (secondary N) is 1. The average Bonchev–Trinajstić information content (AvgIpc) is 2.82. The third kappa shape index (κ3) is 2.42. The van der Waals surface area contributed by atoms with Crippen molar-refractivity contribution in [2.24, 2.45) is 0 Å². The molecule has 0 aliphatic rings. The molecule has 19 heavy (non-hydrogen) atoms. The van der Waals surface area contributed by atoms with Crippen molar-refractivity contribution < 1.29 is 13.2 Å². The molecule has 0 saturated carbocycles. The van der Waals surface area contributed by atoms with E-state index < -0.39 is 17.4 Å². The molecule has 0 aliphatic heterocycles. The van der Waals surface area contributed by atoms with Gasteiger partial charge in [-0.1, -0.05) is 13.0 Å². The summed E-state index contributed by atoms with van der Waals surface area (Å²) in [7, 11) is 0. The molecule has 2 aromatic rings. The third-order valence-electron chi connectivity index (χ3n) is 2.64. The van der Waals surface area contributed by atoms with Crippen LogP contribution in [0.4, 0.5) is 13.2 Å². The minimum absolute atomic E-state index is 0.0857. The lowest BCUT2D eigenvalue weighted by molar-refractivity contribution is -0.141. The number of aromatic amines is 1. The fourth-order valence-electron chi connectivity index (χ4n) is 1.62. The van der Waals surface area contributed by atoms with Gasteiger partial charge in [0.05, 0.1) is 5.69 Å². The molecule has 2 heterocycles. The maximum atomic E-state index is 12.6. The van der Waals surface area contributed by atoms with E-state index in [-0.39, 0.29) is 11.4 Å². The van der Waals surface area contributed by atoms with E-state index in [4.69, 9.17) is 5.26 Å². The number of H-pyrrole nitrogens is 1. The first-order chi connectivity index (χ1) is 8.97. The molecule has 1 N–H and O–H groups in total. The molecule has 2 aromatic heterocycles. The molecule has 0 aromatic carbocycles. The number of rotatable bonds is 2. The molecule has 0 atom stereocenters. The molecule has 0 bridgehead atoms. The van der Waals surface area contributed by atoms with E-state index in [1.54, 1.807) is 18.3 Å². The Labute approximate surface area is 106 Å². The molecule has 98 valence electrons. The Morgan fingerprint density at radius 1 is 1.37 bits per heavy atom. The minimum atomic E-state index is -4.64. The van der Waals surface area contributed by atoms with E-state index in [9.17, 15) is 13.2 Å². The van der Waals surface area contributed by atoms with Crippen molar-refractivity contribution in [2.75, 3.05) is 0 Å². The maximum Gasteiger partial charge on any atom is 0.434 e. The highest BCUT2D eigenvalue weighted by Gasteiger charge is 2.37. The van der Waals surface area contributed by atoms with Crippen molar-refractivity contribution >= 4 is 0 Å². The number of hydrogen-bond acceptors (Lipinski definition) is 3. The monoisotopic (exact) mass is 266 g/mol. The number of alkyl halides is 3. The van der Waals surface area contributed by atoms with Crippen LogP contribution in [0.2, 0.25) is 0 Å². The van der Waals surface area contributed by atoms with Crippen LogP contribution >= 0.6 is 0 Å². The van der Waals surface area contributed by atoms with Gasteiger partial charge in [0.15, 0.2) is 5.69 Å². The molecule has 7 heteroatoms. The van der Waals surface area contributed by atoms with Gasteiger partial charge in [-0.3, -0.25) is 10.1 Å². The van der Waals surface area contributed by atoms with Gasteiger partial charge >= 0.3 is 6.18 Å². The Bertz CT molecular complexity index is 620. The first-order valence-corrected chi connectivity index (χ1v) is 5.48. The summed E-state index contributed by atoms with van der Waals surface area (Å²) in [6.45, 7) is 1.94. The van der Waals surface area contributed by atoms with Crippen molar-refractivity contribution in [3.05, 3.63) is 35.2 Å². The zero-order valence-electron chi connectivity index (χ0n) is 9.91. The van der Waals surface area contributed by atoms with Gasteiger partial charge in [0.25, 0.3) is 0 Å². The van der Waals surface area contributed by atoms with Crippen LogP contribution in [0.3, 0.4) is 0 Å². The van der Waals surface area contributed by atoms with E-state index in [0.29, 0.717) is 0 Å². The first-order valence-electron chi connectivity index (χ1n) is 5.48. The normalized spacial score (nSPS) is 11.3. The van der Waals surface area contributed by atoms with Crippen LogP contribution in [0.25, 0.3) is 11.4 Å². The Kier molecular flexibility index (Phi) is 3.25. The molecule has 0 fully saturated rings. The van der Waals surface area contributed by atoms with Crippen LogP contribution in [0.1, 0.15) is 23.7 Å². The van der Waals surface area contributed by atoms with Gasteiger partial charge in [0.2, 0.25) is 0 Å². The third-order valence-corrected chi connectivity index (χ3v) is 2.64. The number of hydrogen-bond donors (Lipinski definition) is 1. The topological polar surface area (TPSA) is 65.4 Å². The summed E-state index contributed by atoms with van der Waals surface area (Å²) in [5, 5.41) is 14.3. The van der Waals surface area contributed by atoms with Crippen molar-refractivity contribution in [1.82, 2.24) is 15.2 Å². The van der Waals surface area contributed by atoms with E-state index >= 15 is 0 Å². The maximum absolute atomic E-state index is 12.6. The predicted octanol–water partition coefficient (Wildman–Crippen LogP) is 2.92. The molecule has 0 spiro atoms. The van der Waals surface area contributed by atoms with Crippen LogP contribution in [0.5, 0.6) is 0 Å². The number of nitriles is 1. The number of aromatic nitrogens is 3. The van der Waals surface area contributed by atoms with Gasteiger partial charge in [-0.15, -0.1) is 0 Å². The first kappa shape index (κ1) is 13.1. The van der Waals surface area contributed by atoms with E-state index in [2.05, 4.69) is 10.1 Å². The lowest BCUT2D eigenvalue weighted by Crippen LogP contribution is -2.07. The second-order valence-electron chi connectivity index (χ2n) is 3.84. The van der Waals surface area contributed by atoms with Crippen LogP contribution in [-0.2, 0) is 12.6 Å². The van der Waals surface area contributed by atoms with Crippen LogP contribution in [-0.4, -0.2) is 15.2 Å². The average molecular weight is 266 g/mol. The van der Waals surface area contributed by atoms with Crippen molar-refractivity contribution in [2.45, 2.75) is 19.5 Å². The summed E-state index contributed by atoms with van der Waals surface area (Å²) in [5.74, 6) is 0. The minimum Gasteiger partial charge on any atom is -0.272 e. The molecule has 0 unspecified atom stereocenters. The second kappa shape index (κ2) is 4.72. The van der Waals surface area contributed by atoms with Gasteiger partial charge in [-0.25, -0.2) is 0 Å². The van der Waals surface area contributed by atoms with Crippen molar-refractivity contribution in [3.8, 4) is 17.5 Å². The highest BCUT2D eigenvalue weighted by molar-refractivity contribution is 5.64. The summed E-state index contributed by atoms with van der Waals surface area (Å²) < 4.78 is 37.9. The van der Waals surface area contributed by atoms with Crippen molar-refractivity contribution in [3.63, 3.8) is 0 Å². The quantitative estimate of drug-likeness (QED) is 0.908. The molecular weight excluding hydrogens is 257 g/mol. The van der Waals surface area contributed by atoms with Crippen LogP contribution in [0.15, 0.2) is 18.3 Å². The summed E-state index contributed by atoms with van der Waals surface area (Å²) in [6.07, 6.45) is -2.31. The lowest BCUT2D eigenvalue weighted by atomic mass is 10.1. The number of halogens is 3. The Balaban J connectivity index is 2.51. The number of aryl methyl sites for hydroxylation is 1. The molecule has 4 nitrogen and oxygen atoms in total. The lowest BCUT2D eigenvalue weighted by Gasteiger charge is -2.03. The van der Waals surface area contributed by atoms with Gasteiger partial charge in [-0.2, -0.15) is 23.5 Å². The Morgan fingerprint density at radius 2 is 2.11 bits per heavy atom. The predicted molar refractivity (Wildman–Crippen MR) is 60.9 cm³/mol. The van der Waals surface area contributed by atoms with Gasteiger partial charge in [0.1, 0.15) is 17.3 Å². The molecule has 2 rings (SSSR count). The fourth-order valence-corrected chi connectivity index (χ4v) is 1.62. The van der Waals surface area contributed by atoms with Gasteiger partial charge < -0.3 is 0 Å². The summed E-state index contributed by atoms with van der Waals surface area (Å²) in [6, 6.07) is 4.82. The molecule has 0 aliphatic carbocycles. The summed E-state index contributed by atoms with van der Waals surface area (Å²) in [5.41, 5.74) is -0.581. The van der Waals surface area contributed by atoms with Crippen molar-refractivity contribution in [1.29, 1.82) is 5.26 Å². The number of nitrogens with zero attached hydrogens (tertiary/aromatic N) is 3. The zero-order chi connectivity index (χ0) is 14.0. The highest BCUT2D eigenvalue weighted by atomic mass is 19.4. The van der Waals surface area contributed by atoms with Crippen LogP contribution in [0, 0.1) is 11.3 Å². The van der Waals surface area contributed by atoms with E-state index in [1.165, 1.54) is 6.07 Å². The molecule has 0 radical (unpaired) electrons. The smallest absolute Gasteiger partial charge is 0.272 e. The second-order valence-corrected chi connectivity index (χ2v) is 3.84. The SMILES string of the molecule is CCc1ccc(-c2n[nH]c(C(F)(F)F)c2C#N)nc1. The molecular formula is C12H9F3N4. The zero-order valence-corrected chi connectivity index (χ0v) is 9.91. The van der Waals surface area contributed by atoms with Crippen LogP contribution < -0.4 is 0 Å². The summed E-state index contributed by atoms with van der Waals surface area (Å²) in [4.78, 5) is 4.02. The Hall–Kier alpha value is -2.36.